The molecule has 0 atom stereocenters. The van der Waals surface area contributed by atoms with Crippen LogP contribution in [0, 0.1) is 10.8 Å². The van der Waals surface area contributed by atoms with E-state index in [1.165, 1.54) is 11.8 Å². The first-order chi connectivity index (χ1) is 10.2. The van der Waals surface area contributed by atoms with E-state index in [0.717, 1.165) is 4.90 Å². The summed E-state index contributed by atoms with van der Waals surface area (Å²) in [4.78, 5) is 11.9. The molecule has 0 saturated carbocycles. The number of hydrogen-bond donors (Lipinski definition) is 1. The highest BCUT2D eigenvalue weighted by atomic mass is 32.2. The van der Waals surface area contributed by atoms with Gasteiger partial charge in [-0.05, 0) is 57.9 Å². The molecule has 1 rings (SSSR count). The van der Waals surface area contributed by atoms with Crippen LogP contribution in [0.1, 0.15) is 51.9 Å². The van der Waals surface area contributed by atoms with Gasteiger partial charge in [-0.15, -0.1) is 5.54 Å². The van der Waals surface area contributed by atoms with E-state index < -0.39 is 14.0 Å². The topological polar surface area (TPSA) is 37.3 Å². The van der Waals surface area contributed by atoms with Crippen LogP contribution in [0.4, 0.5) is 0 Å². The Kier molecular flexibility index (Phi) is 6.77. The highest BCUT2D eigenvalue weighted by Crippen LogP contribution is 2.41. The molecule has 1 aromatic rings. The lowest BCUT2D eigenvalue weighted by atomic mass is 10.2. The molecule has 0 aliphatic carbocycles. The lowest BCUT2D eigenvalue weighted by Crippen LogP contribution is -2.43. The fourth-order valence-electron chi connectivity index (χ4n) is 3.27. The minimum atomic E-state index is -1.69. The van der Waals surface area contributed by atoms with Crippen LogP contribution in [0.5, 0.6) is 0 Å². The molecular formula is C18H26O2SSi. The Morgan fingerprint density at radius 2 is 1.45 bits per heavy atom. The first kappa shape index (κ1) is 18.9. The second kappa shape index (κ2) is 7.89. The lowest BCUT2D eigenvalue weighted by molar-refractivity contribution is 0.0697. The van der Waals surface area contributed by atoms with Crippen LogP contribution in [-0.4, -0.2) is 19.1 Å². The summed E-state index contributed by atoms with van der Waals surface area (Å²) < 4.78 is 0. The van der Waals surface area contributed by atoms with Gasteiger partial charge in [0.25, 0.3) is 0 Å². The number of aromatic carboxylic acids is 1. The van der Waals surface area contributed by atoms with Crippen molar-refractivity contribution in [2.75, 3.05) is 0 Å². The van der Waals surface area contributed by atoms with Crippen molar-refractivity contribution in [3.05, 3.63) is 29.8 Å². The number of carboxylic acid groups (broad SMARTS) is 1. The van der Waals surface area contributed by atoms with Gasteiger partial charge < -0.3 is 5.11 Å². The Morgan fingerprint density at radius 3 is 1.82 bits per heavy atom. The third kappa shape index (κ3) is 4.18. The molecule has 0 bridgehead atoms. The highest BCUT2D eigenvalue weighted by Gasteiger charge is 2.41. The predicted octanol–water partition coefficient (Wildman–Crippen LogP) is 5.66. The molecule has 0 aromatic heterocycles. The minimum Gasteiger partial charge on any atom is -0.478 e. The fraction of sp³-hybridized carbons (Fsp3) is 0.500. The molecule has 2 nitrogen and oxygen atoms in total. The summed E-state index contributed by atoms with van der Waals surface area (Å²) in [6.45, 7) is 13.8. The van der Waals surface area contributed by atoms with E-state index in [4.69, 9.17) is 5.11 Å². The Bertz CT molecular complexity index is 543. The molecule has 0 aliphatic rings. The number of hydrogen-bond acceptors (Lipinski definition) is 2. The summed E-state index contributed by atoms with van der Waals surface area (Å²) in [6, 6.07) is 6.91. The van der Waals surface area contributed by atoms with Gasteiger partial charge in [0.15, 0.2) is 0 Å². The van der Waals surface area contributed by atoms with Gasteiger partial charge in [-0.2, -0.15) is 0 Å². The number of thioether (sulfide) groups is 1. The van der Waals surface area contributed by atoms with Crippen molar-refractivity contribution in [3.8, 4) is 10.8 Å². The summed E-state index contributed by atoms with van der Waals surface area (Å²) in [5.74, 6) is -0.895. The summed E-state index contributed by atoms with van der Waals surface area (Å²) in [6.07, 6.45) is 0. The second-order valence-corrected chi connectivity index (χ2v) is 13.0. The fourth-order valence-corrected chi connectivity index (χ4v) is 9.44. The van der Waals surface area contributed by atoms with Crippen LogP contribution < -0.4 is 0 Å². The zero-order valence-corrected chi connectivity index (χ0v) is 16.1. The van der Waals surface area contributed by atoms with Gasteiger partial charge in [0.05, 0.1) is 5.56 Å². The molecule has 1 aromatic carbocycles. The van der Waals surface area contributed by atoms with Crippen LogP contribution in [0.2, 0.25) is 16.6 Å². The van der Waals surface area contributed by atoms with E-state index >= 15 is 0 Å². The van der Waals surface area contributed by atoms with Crippen LogP contribution in [0.3, 0.4) is 0 Å². The van der Waals surface area contributed by atoms with E-state index in [-0.39, 0.29) is 0 Å². The standard InChI is InChI=1S/C18H26O2SSi/c1-13(2)22(14(3)4,15(5)6)12-11-21-17-9-7-16(8-10-17)18(19)20/h7-10,13-15H,1-6H3,(H,19,20). The van der Waals surface area contributed by atoms with Crippen molar-refractivity contribution >= 4 is 25.8 Å². The van der Waals surface area contributed by atoms with Crippen molar-refractivity contribution in [2.45, 2.75) is 63.1 Å². The largest absolute Gasteiger partial charge is 0.478 e. The molecule has 0 amide bonds. The molecule has 0 unspecified atom stereocenters. The molecule has 1 N–H and O–H groups in total. The van der Waals surface area contributed by atoms with Gasteiger partial charge in [-0.1, -0.05) is 41.5 Å². The van der Waals surface area contributed by atoms with Crippen molar-refractivity contribution in [2.24, 2.45) is 0 Å². The van der Waals surface area contributed by atoms with Gasteiger partial charge in [0.2, 0.25) is 0 Å². The number of carboxylic acids is 1. The Hall–Kier alpha value is -1.18. The van der Waals surface area contributed by atoms with Gasteiger partial charge in [-0.25, -0.2) is 4.79 Å². The van der Waals surface area contributed by atoms with Crippen molar-refractivity contribution < 1.29 is 9.90 Å². The molecule has 22 heavy (non-hydrogen) atoms. The van der Waals surface area contributed by atoms with Gasteiger partial charge in [-0.3, -0.25) is 0 Å². The molecule has 0 aliphatic heterocycles. The monoisotopic (exact) mass is 334 g/mol. The maximum Gasteiger partial charge on any atom is 0.335 e. The minimum absolute atomic E-state index is 0.313. The molecule has 0 saturated heterocycles. The maximum absolute atomic E-state index is 10.9. The Labute approximate surface area is 139 Å². The normalized spacial score (nSPS) is 11.7. The zero-order valence-electron chi connectivity index (χ0n) is 14.3. The molecule has 4 heteroatoms. The highest BCUT2D eigenvalue weighted by molar-refractivity contribution is 8.04. The number of rotatable bonds is 5. The summed E-state index contributed by atoms with van der Waals surface area (Å²) in [5, 5.41) is 12.2. The average molecular weight is 335 g/mol. The van der Waals surface area contributed by atoms with E-state index in [1.54, 1.807) is 12.1 Å². The van der Waals surface area contributed by atoms with Crippen molar-refractivity contribution in [3.63, 3.8) is 0 Å². The van der Waals surface area contributed by atoms with E-state index in [2.05, 4.69) is 52.3 Å². The smallest absolute Gasteiger partial charge is 0.335 e. The van der Waals surface area contributed by atoms with Crippen LogP contribution in [-0.2, 0) is 0 Å². The van der Waals surface area contributed by atoms with Crippen LogP contribution in [0.15, 0.2) is 29.2 Å². The van der Waals surface area contributed by atoms with E-state index in [0.29, 0.717) is 22.2 Å². The van der Waals surface area contributed by atoms with Crippen molar-refractivity contribution in [1.82, 2.24) is 0 Å². The van der Waals surface area contributed by atoms with E-state index in [9.17, 15) is 4.79 Å². The van der Waals surface area contributed by atoms with Crippen LogP contribution in [0.25, 0.3) is 0 Å². The molecular weight excluding hydrogens is 308 g/mol. The summed E-state index contributed by atoms with van der Waals surface area (Å²) in [5.41, 5.74) is 5.83. The van der Waals surface area contributed by atoms with Crippen molar-refractivity contribution in [1.29, 1.82) is 0 Å². The Balaban J connectivity index is 2.97. The molecule has 0 fully saturated rings. The number of carbonyl (C=O) groups is 1. The third-order valence-electron chi connectivity index (χ3n) is 4.40. The van der Waals surface area contributed by atoms with E-state index in [1.807, 2.05) is 12.1 Å². The molecule has 120 valence electrons. The Morgan fingerprint density at radius 1 is 1.00 bits per heavy atom. The molecule has 0 radical (unpaired) electrons. The SMILES string of the molecule is CC(C)[Si](C#CSc1ccc(C(=O)O)cc1)(C(C)C)C(C)C. The lowest BCUT2D eigenvalue weighted by Gasteiger charge is -2.37. The third-order valence-corrected chi connectivity index (χ3v) is 11.6. The summed E-state index contributed by atoms with van der Waals surface area (Å²) >= 11 is 1.50. The number of benzene rings is 1. The first-order valence-electron chi connectivity index (χ1n) is 7.74. The van der Waals surface area contributed by atoms with Gasteiger partial charge in [0, 0.05) is 4.90 Å². The molecule has 0 spiro atoms. The van der Waals surface area contributed by atoms with Gasteiger partial charge >= 0.3 is 5.97 Å². The maximum atomic E-state index is 10.9. The summed E-state index contributed by atoms with van der Waals surface area (Å²) in [7, 11) is -1.69. The van der Waals surface area contributed by atoms with Crippen LogP contribution >= 0.6 is 11.8 Å². The average Bonchev–Trinajstić information content (AvgIpc) is 2.42. The zero-order chi connectivity index (χ0) is 16.9. The van der Waals surface area contributed by atoms with Gasteiger partial charge in [0.1, 0.15) is 8.07 Å². The second-order valence-electron chi connectivity index (χ2n) is 6.56. The first-order valence-corrected chi connectivity index (χ1v) is 10.8. The quantitative estimate of drug-likeness (QED) is 0.429. The molecule has 0 heterocycles. The predicted molar refractivity (Wildman–Crippen MR) is 98.1 cm³/mol.